The monoisotopic (exact) mass is 309 g/mol. The lowest BCUT2D eigenvalue weighted by molar-refractivity contribution is -0.134. The van der Waals surface area contributed by atoms with E-state index in [1.807, 2.05) is 18.9 Å². The molecule has 0 bridgehead atoms. The minimum Gasteiger partial charge on any atom is -0.355 e. The van der Waals surface area contributed by atoms with E-state index in [0.717, 1.165) is 13.0 Å². The number of fused-ring (bicyclic) bond motifs is 1. The molecule has 1 aromatic heterocycles. The average Bonchev–Trinajstić information content (AvgIpc) is 2.97. The van der Waals surface area contributed by atoms with E-state index in [0.29, 0.717) is 19.5 Å². The van der Waals surface area contributed by atoms with Crippen molar-refractivity contribution in [1.82, 2.24) is 15.5 Å². The SMILES string of the molecule is CNC(C)CNC(=O)CCC(=O)N1CCc2sccc2C1. The summed E-state index contributed by atoms with van der Waals surface area (Å²) in [5, 5.41) is 7.97. The van der Waals surface area contributed by atoms with Crippen LogP contribution >= 0.6 is 11.3 Å². The third-order valence-electron chi connectivity index (χ3n) is 3.82. The molecule has 2 rings (SSSR count). The number of likely N-dealkylation sites (N-methyl/N-ethyl adjacent to an activating group) is 1. The third kappa shape index (κ3) is 4.54. The molecule has 1 aromatic rings. The zero-order valence-corrected chi connectivity index (χ0v) is 13.5. The summed E-state index contributed by atoms with van der Waals surface area (Å²) in [6.07, 6.45) is 1.49. The standard InChI is InChI=1S/C15H23N3O2S/c1-11(16-2)9-17-14(19)3-4-15(20)18-7-5-13-12(10-18)6-8-21-13/h6,8,11,16H,3-5,7,9-10H2,1-2H3,(H,17,19). The maximum Gasteiger partial charge on any atom is 0.223 e. The van der Waals surface area contributed by atoms with E-state index in [9.17, 15) is 9.59 Å². The zero-order chi connectivity index (χ0) is 15.2. The number of hydrogen-bond donors (Lipinski definition) is 2. The van der Waals surface area contributed by atoms with Crippen LogP contribution in [0.25, 0.3) is 0 Å². The van der Waals surface area contributed by atoms with Crippen molar-refractivity contribution in [3.8, 4) is 0 Å². The van der Waals surface area contributed by atoms with Crippen LogP contribution in [0.1, 0.15) is 30.2 Å². The summed E-state index contributed by atoms with van der Waals surface area (Å²) in [7, 11) is 1.86. The molecule has 1 aliphatic heterocycles. The van der Waals surface area contributed by atoms with E-state index in [1.54, 1.807) is 11.3 Å². The minimum absolute atomic E-state index is 0.0568. The van der Waals surface area contributed by atoms with E-state index >= 15 is 0 Å². The van der Waals surface area contributed by atoms with Gasteiger partial charge in [-0.2, -0.15) is 0 Å². The van der Waals surface area contributed by atoms with Crippen LogP contribution in [0.15, 0.2) is 11.4 Å². The fourth-order valence-electron chi connectivity index (χ4n) is 2.30. The van der Waals surface area contributed by atoms with Gasteiger partial charge < -0.3 is 15.5 Å². The fraction of sp³-hybridized carbons (Fsp3) is 0.600. The van der Waals surface area contributed by atoms with Gasteiger partial charge in [0, 0.05) is 43.4 Å². The van der Waals surface area contributed by atoms with E-state index in [-0.39, 0.29) is 24.3 Å². The third-order valence-corrected chi connectivity index (χ3v) is 4.85. The van der Waals surface area contributed by atoms with Gasteiger partial charge in [0.1, 0.15) is 0 Å². The van der Waals surface area contributed by atoms with Crippen LogP contribution in [0.2, 0.25) is 0 Å². The number of nitrogens with one attached hydrogen (secondary N) is 2. The number of carbonyl (C=O) groups is 2. The van der Waals surface area contributed by atoms with Crippen molar-refractivity contribution in [2.45, 2.75) is 38.8 Å². The number of nitrogens with zero attached hydrogens (tertiary/aromatic N) is 1. The molecule has 21 heavy (non-hydrogen) atoms. The van der Waals surface area contributed by atoms with Gasteiger partial charge >= 0.3 is 0 Å². The van der Waals surface area contributed by atoms with Gasteiger partial charge in [0.05, 0.1) is 0 Å². The van der Waals surface area contributed by atoms with Crippen molar-refractivity contribution in [3.05, 3.63) is 21.9 Å². The van der Waals surface area contributed by atoms with Gasteiger partial charge in [-0.15, -0.1) is 11.3 Å². The molecule has 2 amide bonds. The van der Waals surface area contributed by atoms with E-state index in [4.69, 9.17) is 0 Å². The lowest BCUT2D eigenvalue weighted by Gasteiger charge is -2.27. The molecule has 0 radical (unpaired) electrons. The summed E-state index contributed by atoms with van der Waals surface area (Å²) in [5.74, 6) is 0.0161. The van der Waals surface area contributed by atoms with Crippen LogP contribution in [-0.4, -0.2) is 42.9 Å². The van der Waals surface area contributed by atoms with Gasteiger partial charge in [0.15, 0.2) is 0 Å². The molecular formula is C15H23N3O2S. The second kappa shape index (κ2) is 7.56. The number of hydrogen-bond acceptors (Lipinski definition) is 4. The smallest absolute Gasteiger partial charge is 0.223 e. The molecule has 0 fully saturated rings. The summed E-state index contributed by atoms with van der Waals surface area (Å²) in [5.41, 5.74) is 1.26. The maximum absolute atomic E-state index is 12.2. The molecule has 0 saturated heterocycles. The second-order valence-corrected chi connectivity index (χ2v) is 6.43. The first-order chi connectivity index (χ1) is 10.1. The van der Waals surface area contributed by atoms with Gasteiger partial charge in [-0.1, -0.05) is 0 Å². The molecule has 0 aromatic carbocycles. The van der Waals surface area contributed by atoms with Crippen molar-refractivity contribution < 1.29 is 9.59 Å². The number of rotatable bonds is 6. The highest BCUT2D eigenvalue weighted by molar-refractivity contribution is 7.10. The largest absolute Gasteiger partial charge is 0.355 e. The van der Waals surface area contributed by atoms with Crippen molar-refractivity contribution in [2.75, 3.05) is 20.1 Å². The predicted molar refractivity (Wildman–Crippen MR) is 84.2 cm³/mol. The Morgan fingerprint density at radius 1 is 1.43 bits per heavy atom. The molecule has 0 spiro atoms. The number of carbonyl (C=O) groups excluding carboxylic acids is 2. The highest BCUT2D eigenvalue weighted by Gasteiger charge is 2.21. The highest BCUT2D eigenvalue weighted by atomic mass is 32.1. The molecule has 1 unspecified atom stereocenters. The van der Waals surface area contributed by atoms with E-state index in [2.05, 4.69) is 22.1 Å². The average molecular weight is 309 g/mol. The van der Waals surface area contributed by atoms with Crippen molar-refractivity contribution in [2.24, 2.45) is 0 Å². The van der Waals surface area contributed by atoms with Gasteiger partial charge in [-0.25, -0.2) is 0 Å². The number of thiophene rings is 1. The molecule has 5 nitrogen and oxygen atoms in total. The predicted octanol–water partition coefficient (Wildman–Crippen LogP) is 1.14. The summed E-state index contributed by atoms with van der Waals surface area (Å²) >= 11 is 1.76. The Morgan fingerprint density at radius 3 is 3.00 bits per heavy atom. The maximum atomic E-state index is 12.2. The summed E-state index contributed by atoms with van der Waals surface area (Å²) < 4.78 is 0. The normalized spacial score (nSPS) is 15.4. The Bertz CT molecular complexity index is 501. The van der Waals surface area contributed by atoms with Gasteiger partial charge in [-0.05, 0) is 37.4 Å². The Labute approximate surface area is 129 Å². The van der Waals surface area contributed by atoms with Crippen LogP contribution in [-0.2, 0) is 22.6 Å². The molecule has 1 atom stereocenters. The Hall–Kier alpha value is -1.40. The quantitative estimate of drug-likeness (QED) is 0.828. The highest BCUT2D eigenvalue weighted by Crippen LogP contribution is 2.24. The van der Waals surface area contributed by atoms with Gasteiger partial charge in [-0.3, -0.25) is 9.59 Å². The summed E-state index contributed by atoms with van der Waals surface area (Å²) in [6.45, 7) is 4.05. The molecule has 116 valence electrons. The molecule has 0 saturated carbocycles. The topological polar surface area (TPSA) is 61.4 Å². The zero-order valence-electron chi connectivity index (χ0n) is 12.6. The van der Waals surface area contributed by atoms with Crippen LogP contribution < -0.4 is 10.6 Å². The first kappa shape index (κ1) is 16.0. The van der Waals surface area contributed by atoms with Crippen molar-refractivity contribution >= 4 is 23.2 Å². The Balaban J connectivity index is 1.72. The Kier molecular flexibility index (Phi) is 5.76. The van der Waals surface area contributed by atoms with Crippen molar-refractivity contribution in [3.63, 3.8) is 0 Å². The first-order valence-electron chi connectivity index (χ1n) is 7.37. The lowest BCUT2D eigenvalue weighted by atomic mass is 10.1. The summed E-state index contributed by atoms with van der Waals surface area (Å²) in [6, 6.07) is 2.33. The van der Waals surface area contributed by atoms with Crippen LogP contribution in [0.5, 0.6) is 0 Å². The molecule has 1 aliphatic rings. The van der Waals surface area contributed by atoms with E-state index in [1.165, 1.54) is 10.4 Å². The molecule has 2 heterocycles. The second-order valence-electron chi connectivity index (χ2n) is 5.43. The minimum atomic E-state index is -0.0568. The van der Waals surface area contributed by atoms with Crippen molar-refractivity contribution in [1.29, 1.82) is 0 Å². The van der Waals surface area contributed by atoms with E-state index < -0.39 is 0 Å². The fourth-order valence-corrected chi connectivity index (χ4v) is 3.19. The lowest BCUT2D eigenvalue weighted by Crippen LogP contribution is -2.38. The molecule has 0 aliphatic carbocycles. The van der Waals surface area contributed by atoms with Gasteiger partial charge in [0.2, 0.25) is 11.8 Å². The van der Waals surface area contributed by atoms with Gasteiger partial charge in [0.25, 0.3) is 0 Å². The molecule has 2 N–H and O–H groups in total. The van der Waals surface area contributed by atoms with Crippen LogP contribution in [0.4, 0.5) is 0 Å². The summed E-state index contributed by atoms with van der Waals surface area (Å²) in [4.78, 5) is 27.1. The molecular weight excluding hydrogens is 286 g/mol. The Morgan fingerprint density at radius 2 is 2.24 bits per heavy atom. The number of amides is 2. The van der Waals surface area contributed by atoms with Crippen LogP contribution in [0, 0.1) is 0 Å². The van der Waals surface area contributed by atoms with Crippen LogP contribution in [0.3, 0.4) is 0 Å². The first-order valence-corrected chi connectivity index (χ1v) is 8.25. The molecule has 6 heteroatoms.